The normalized spacial score (nSPS) is 24.4. The lowest BCUT2D eigenvalue weighted by Crippen LogP contribution is -2.36. The number of hydrogen-bond donors (Lipinski definition) is 1. The molecule has 1 N–H and O–H groups in total. The second kappa shape index (κ2) is 4.91. The quantitative estimate of drug-likeness (QED) is 0.798. The predicted octanol–water partition coefficient (Wildman–Crippen LogP) is 2.63. The van der Waals surface area contributed by atoms with Gasteiger partial charge in [0.2, 0.25) is 0 Å². The van der Waals surface area contributed by atoms with E-state index in [2.05, 4.69) is 0 Å². The van der Waals surface area contributed by atoms with Crippen molar-refractivity contribution in [2.75, 3.05) is 13.1 Å². The molecule has 1 aromatic carbocycles. The molecule has 21 heavy (non-hydrogen) atoms. The summed E-state index contributed by atoms with van der Waals surface area (Å²) in [5.74, 6) is 0.370. The SMILES string of the molecule is CC(C)(C)OC(=O)N1C[C@@H]2OCc3c(O)cccc3[C@H]2C1. The molecule has 1 aromatic rings. The van der Waals surface area contributed by atoms with Crippen molar-refractivity contribution in [3.05, 3.63) is 29.3 Å². The van der Waals surface area contributed by atoms with Crippen LogP contribution < -0.4 is 0 Å². The molecule has 0 bridgehead atoms. The third-order valence-electron chi connectivity index (χ3n) is 3.95. The van der Waals surface area contributed by atoms with Crippen LogP contribution in [-0.2, 0) is 16.1 Å². The minimum absolute atomic E-state index is 0.0215. The Morgan fingerprint density at radius 3 is 2.86 bits per heavy atom. The van der Waals surface area contributed by atoms with Gasteiger partial charge in [0.1, 0.15) is 11.4 Å². The minimum Gasteiger partial charge on any atom is -0.508 e. The van der Waals surface area contributed by atoms with Crippen LogP contribution in [0.1, 0.15) is 37.8 Å². The Bertz CT molecular complexity index is 564. The number of benzene rings is 1. The number of carbonyl (C=O) groups is 1. The van der Waals surface area contributed by atoms with E-state index in [1.165, 1.54) is 0 Å². The van der Waals surface area contributed by atoms with E-state index < -0.39 is 5.60 Å². The standard InChI is InChI=1S/C16H21NO4/c1-16(2,3)21-15(19)17-7-11-10-5-4-6-13(18)12(10)9-20-14(11)8-17/h4-6,11,14,18H,7-9H2,1-3H3/t11-,14+/m1/s1. The number of nitrogens with zero attached hydrogens (tertiary/aromatic N) is 1. The van der Waals surface area contributed by atoms with E-state index in [1.54, 1.807) is 11.0 Å². The van der Waals surface area contributed by atoms with Crippen molar-refractivity contribution in [1.82, 2.24) is 4.90 Å². The van der Waals surface area contributed by atoms with Gasteiger partial charge in [-0.15, -0.1) is 0 Å². The number of rotatable bonds is 0. The molecule has 3 rings (SSSR count). The summed E-state index contributed by atoms with van der Waals surface area (Å²) in [5.41, 5.74) is 1.42. The molecular formula is C16H21NO4. The largest absolute Gasteiger partial charge is 0.508 e. The van der Waals surface area contributed by atoms with Crippen LogP contribution in [0.3, 0.4) is 0 Å². The van der Waals surface area contributed by atoms with Gasteiger partial charge in [-0.3, -0.25) is 0 Å². The molecule has 0 unspecified atom stereocenters. The smallest absolute Gasteiger partial charge is 0.410 e. The van der Waals surface area contributed by atoms with Gasteiger partial charge < -0.3 is 19.5 Å². The van der Waals surface area contributed by atoms with Crippen molar-refractivity contribution in [3.63, 3.8) is 0 Å². The van der Waals surface area contributed by atoms with Gasteiger partial charge in [-0.1, -0.05) is 12.1 Å². The fraction of sp³-hybridized carbons (Fsp3) is 0.562. The number of carbonyl (C=O) groups excluding carboxylic acids is 1. The Balaban J connectivity index is 1.79. The summed E-state index contributed by atoms with van der Waals surface area (Å²) >= 11 is 0. The number of hydrogen-bond acceptors (Lipinski definition) is 4. The molecular weight excluding hydrogens is 270 g/mol. The number of amides is 1. The van der Waals surface area contributed by atoms with E-state index >= 15 is 0 Å². The van der Waals surface area contributed by atoms with Gasteiger partial charge in [0.25, 0.3) is 0 Å². The highest BCUT2D eigenvalue weighted by atomic mass is 16.6. The highest BCUT2D eigenvalue weighted by Gasteiger charge is 2.42. The molecule has 2 atom stereocenters. The van der Waals surface area contributed by atoms with E-state index in [4.69, 9.17) is 9.47 Å². The molecule has 5 heteroatoms. The zero-order valence-corrected chi connectivity index (χ0v) is 12.6. The van der Waals surface area contributed by atoms with Crippen molar-refractivity contribution in [2.24, 2.45) is 0 Å². The van der Waals surface area contributed by atoms with Crippen molar-refractivity contribution < 1.29 is 19.4 Å². The van der Waals surface area contributed by atoms with Gasteiger partial charge in [0.05, 0.1) is 19.3 Å². The fourth-order valence-electron chi connectivity index (χ4n) is 3.00. The molecule has 2 aliphatic heterocycles. The molecule has 1 saturated heterocycles. The van der Waals surface area contributed by atoms with Gasteiger partial charge in [0, 0.05) is 18.0 Å². The second-order valence-corrected chi connectivity index (χ2v) is 6.69. The van der Waals surface area contributed by atoms with Gasteiger partial charge >= 0.3 is 6.09 Å². The van der Waals surface area contributed by atoms with E-state index in [9.17, 15) is 9.90 Å². The van der Waals surface area contributed by atoms with Gasteiger partial charge in [0.15, 0.2) is 0 Å². The second-order valence-electron chi connectivity index (χ2n) is 6.69. The Morgan fingerprint density at radius 1 is 1.38 bits per heavy atom. The molecule has 2 aliphatic rings. The number of fused-ring (bicyclic) bond motifs is 3. The third-order valence-corrected chi connectivity index (χ3v) is 3.95. The summed E-state index contributed by atoms with van der Waals surface area (Å²) in [6, 6.07) is 5.52. The Morgan fingerprint density at radius 2 is 2.14 bits per heavy atom. The highest BCUT2D eigenvalue weighted by Crippen LogP contribution is 2.40. The average molecular weight is 291 g/mol. The zero-order valence-electron chi connectivity index (χ0n) is 12.6. The van der Waals surface area contributed by atoms with Crippen molar-refractivity contribution in [3.8, 4) is 5.75 Å². The number of ether oxygens (including phenoxy) is 2. The van der Waals surface area contributed by atoms with Crippen LogP contribution in [0.5, 0.6) is 5.75 Å². The predicted molar refractivity (Wildman–Crippen MR) is 77.2 cm³/mol. The van der Waals surface area contributed by atoms with Crippen molar-refractivity contribution in [1.29, 1.82) is 0 Å². The molecule has 2 heterocycles. The minimum atomic E-state index is -0.498. The first-order valence-electron chi connectivity index (χ1n) is 7.25. The number of aromatic hydroxyl groups is 1. The molecule has 0 radical (unpaired) electrons. The van der Waals surface area contributed by atoms with Gasteiger partial charge in [-0.2, -0.15) is 0 Å². The first kappa shape index (κ1) is 14.2. The lowest BCUT2D eigenvalue weighted by atomic mass is 9.89. The summed E-state index contributed by atoms with van der Waals surface area (Å²) in [4.78, 5) is 13.9. The van der Waals surface area contributed by atoms with E-state index in [0.29, 0.717) is 19.7 Å². The Labute approximate surface area is 124 Å². The maximum Gasteiger partial charge on any atom is 0.410 e. The van der Waals surface area contributed by atoms with Crippen LogP contribution in [0, 0.1) is 0 Å². The Hall–Kier alpha value is -1.75. The summed E-state index contributed by atoms with van der Waals surface area (Å²) in [5, 5.41) is 9.92. The lowest BCUT2D eigenvalue weighted by Gasteiger charge is -2.27. The first-order valence-corrected chi connectivity index (χ1v) is 7.25. The molecule has 0 aromatic heterocycles. The molecule has 0 aliphatic carbocycles. The molecule has 114 valence electrons. The lowest BCUT2D eigenvalue weighted by molar-refractivity contribution is 0.0120. The molecule has 0 spiro atoms. The zero-order chi connectivity index (χ0) is 15.2. The van der Waals surface area contributed by atoms with E-state index in [-0.39, 0.29) is 23.9 Å². The molecule has 0 saturated carbocycles. The van der Waals surface area contributed by atoms with Gasteiger partial charge in [-0.05, 0) is 32.4 Å². The summed E-state index contributed by atoms with van der Waals surface area (Å²) in [6.45, 7) is 7.07. The molecule has 1 amide bonds. The number of phenolic OH excluding ortho intramolecular Hbond substituents is 1. The van der Waals surface area contributed by atoms with Crippen molar-refractivity contribution in [2.45, 2.75) is 45.0 Å². The number of likely N-dealkylation sites (tertiary alicyclic amines) is 1. The highest BCUT2D eigenvalue weighted by molar-refractivity contribution is 5.69. The molecule has 1 fully saturated rings. The summed E-state index contributed by atoms with van der Waals surface area (Å²) in [6.07, 6.45) is -0.325. The summed E-state index contributed by atoms with van der Waals surface area (Å²) < 4.78 is 11.2. The maximum absolute atomic E-state index is 12.2. The number of phenols is 1. The van der Waals surface area contributed by atoms with Crippen LogP contribution >= 0.6 is 0 Å². The van der Waals surface area contributed by atoms with Crippen LogP contribution in [0.15, 0.2) is 18.2 Å². The van der Waals surface area contributed by atoms with Gasteiger partial charge in [-0.25, -0.2) is 4.79 Å². The van der Waals surface area contributed by atoms with Crippen LogP contribution in [0.2, 0.25) is 0 Å². The maximum atomic E-state index is 12.2. The average Bonchev–Trinajstić information content (AvgIpc) is 2.81. The van der Waals surface area contributed by atoms with E-state index in [0.717, 1.165) is 11.1 Å². The van der Waals surface area contributed by atoms with Crippen LogP contribution in [-0.4, -0.2) is 40.9 Å². The fourth-order valence-corrected chi connectivity index (χ4v) is 3.00. The Kier molecular flexibility index (Phi) is 3.32. The molecule has 5 nitrogen and oxygen atoms in total. The first-order chi connectivity index (χ1) is 9.85. The monoisotopic (exact) mass is 291 g/mol. The summed E-state index contributed by atoms with van der Waals surface area (Å²) in [7, 11) is 0. The topological polar surface area (TPSA) is 59.0 Å². The van der Waals surface area contributed by atoms with Crippen LogP contribution in [0.4, 0.5) is 4.79 Å². The van der Waals surface area contributed by atoms with Crippen molar-refractivity contribution >= 4 is 6.09 Å². The third kappa shape index (κ3) is 2.70. The van der Waals surface area contributed by atoms with Crippen LogP contribution in [0.25, 0.3) is 0 Å². The van der Waals surface area contributed by atoms with E-state index in [1.807, 2.05) is 32.9 Å².